The van der Waals surface area contributed by atoms with E-state index in [0.29, 0.717) is 26.0 Å². The van der Waals surface area contributed by atoms with Crippen molar-refractivity contribution in [2.24, 2.45) is 0 Å². The average Bonchev–Trinajstić information content (AvgIpc) is 3.54. The first-order chi connectivity index (χ1) is 16.9. The number of benzene rings is 2. The molecule has 1 unspecified atom stereocenters. The van der Waals surface area contributed by atoms with Crippen molar-refractivity contribution < 1.29 is 23.9 Å². The van der Waals surface area contributed by atoms with Crippen LogP contribution in [0, 0.1) is 0 Å². The molecule has 184 valence electrons. The number of amides is 3. The van der Waals surface area contributed by atoms with Crippen LogP contribution in [0.3, 0.4) is 0 Å². The van der Waals surface area contributed by atoms with Gasteiger partial charge in [-0.3, -0.25) is 19.2 Å². The van der Waals surface area contributed by atoms with Crippen molar-refractivity contribution in [2.45, 2.75) is 57.0 Å². The van der Waals surface area contributed by atoms with Crippen LogP contribution in [0.5, 0.6) is 0 Å². The van der Waals surface area contributed by atoms with Crippen LogP contribution in [0.2, 0.25) is 0 Å². The molecule has 2 aliphatic rings. The van der Waals surface area contributed by atoms with E-state index in [1.54, 1.807) is 11.9 Å². The van der Waals surface area contributed by atoms with Crippen LogP contribution in [0.25, 0.3) is 0 Å². The summed E-state index contributed by atoms with van der Waals surface area (Å²) in [7, 11) is 1.55. The second-order valence-corrected chi connectivity index (χ2v) is 9.06. The molecule has 8 nitrogen and oxygen atoms in total. The Balaban J connectivity index is 1.50. The Morgan fingerprint density at radius 2 is 1.69 bits per heavy atom. The molecule has 0 aromatic heterocycles. The molecule has 3 atom stereocenters. The number of ether oxygens (including phenoxy) is 1. The van der Waals surface area contributed by atoms with Crippen LogP contribution in [0.1, 0.15) is 36.8 Å². The minimum absolute atomic E-state index is 0.103. The van der Waals surface area contributed by atoms with Gasteiger partial charge in [0.15, 0.2) is 0 Å². The number of Topliss-reactive ketones (excluding diaryl/α,β-unsaturated/α-hetero) is 1. The van der Waals surface area contributed by atoms with Gasteiger partial charge in [-0.1, -0.05) is 60.7 Å². The zero-order valence-electron chi connectivity index (χ0n) is 19.9. The fourth-order valence-electron chi connectivity index (χ4n) is 4.63. The fourth-order valence-corrected chi connectivity index (χ4v) is 4.63. The Hall–Kier alpha value is -3.52. The molecule has 2 saturated heterocycles. The van der Waals surface area contributed by atoms with Crippen molar-refractivity contribution in [2.75, 3.05) is 13.7 Å². The molecule has 0 radical (unpaired) electrons. The second-order valence-electron chi connectivity index (χ2n) is 9.06. The topological polar surface area (TPSA) is 96.0 Å². The van der Waals surface area contributed by atoms with Crippen molar-refractivity contribution in [3.8, 4) is 0 Å². The molecule has 8 heteroatoms. The standard InChI is InChI=1S/C27H31N3O5/c1-29(24-13-8-16-35-24)27(34)25(32)21(17-19-9-4-2-5-10-19)28-26(33)22-14-15-23(31)30(22)18-20-11-6-3-7-12-20/h2-7,9-12,21-22,24H,8,13-18H2,1H3,(H,28,33)/t21?,22-,24+/m1/s1. The molecular weight excluding hydrogens is 446 g/mol. The number of ketones is 1. The lowest BCUT2D eigenvalue weighted by Crippen LogP contribution is -2.54. The molecule has 2 heterocycles. The van der Waals surface area contributed by atoms with Gasteiger partial charge >= 0.3 is 0 Å². The van der Waals surface area contributed by atoms with Crippen molar-refractivity contribution in [1.82, 2.24) is 15.1 Å². The molecule has 0 spiro atoms. The largest absolute Gasteiger partial charge is 0.358 e. The molecule has 35 heavy (non-hydrogen) atoms. The van der Waals surface area contributed by atoms with E-state index < -0.39 is 35.9 Å². The van der Waals surface area contributed by atoms with Gasteiger partial charge in [-0.2, -0.15) is 0 Å². The monoisotopic (exact) mass is 477 g/mol. The number of rotatable bonds is 9. The summed E-state index contributed by atoms with van der Waals surface area (Å²) >= 11 is 0. The summed E-state index contributed by atoms with van der Waals surface area (Å²) in [6.07, 6.45) is 1.87. The molecule has 0 aliphatic carbocycles. The van der Waals surface area contributed by atoms with Gasteiger partial charge in [0.1, 0.15) is 18.3 Å². The van der Waals surface area contributed by atoms with Crippen LogP contribution in [-0.2, 0) is 36.9 Å². The van der Waals surface area contributed by atoms with Crippen molar-refractivity contribution in [3.05, 3.63) is 71.8 Å². The molecule has 1 N–H and O–H groups in total. The molecule has 3 amide bonds. The van der Waals surface area contributed by atoms with Crippen molar-refractivity contribution in [3.63, 3.8) is 0 Å². The summed E-state index contributed by atoms with van der Waals surface area (Å²) < 4.78 is 5.55. The van der Waals surface area contributed by atoms with Crippen LogP contribution in [-0.4, -0.2) is 65.3 Å². The number of hydrogen-bond donors (Lipinski definition) is 1. The molecule has 2 aliphatic heterocycles. The van der Waals surface area contributed by atoms with Crippen molar-refractivity contribution in [1.29, 1.82) is 0 Å². The quantitative estimate of drug-likeness (QED) is 0.558. The van der Waals surface area contributed by atoms with E-state index in [4.69, 9.17) is 4.74 Å². The predicted molar refractivity (Wildman–Crippen MR) is 129 cm³/mol. The number of carbonyl (C=O) groups excluding carboxylic acids is 4. The van der Waals surface area contributed by atoms with E-state index in [2.05, 4.69) is 5.32 Å². The summed E-state index contributed by atoms with van der Waals surface area (Å²) in [5.41, 5.74) is 1.74. The van der Waals surface area contributed by atoms with E-state index >= 15 is 0 Å². The first-order valence-corrected chi connectivity index (χ1v) is 12.0. The molecule has 4 rings (SSSR count). The predicted octanol–water partition coefficient (Wildman–Crippen LogP) is 2.07. The van der Waals surface area contributed by atoms with Crippen LogP contribution in [0.4, 0.5) is 0 Å². The normalized spacial score (nSPS) is 20.5. The van der Waals surface area contributed by atoms with Gasteiger partial charge in [0, 0.05) is 33.0 Å². The first kappa shape index (κ1) is 24.6. The fraction of sp³-hybridized carbons (Fsp3) is 0.407. The maximum Gasteiger partial charge on any atom is 0.293 e. The van der Waals surface area contributed by atoms with Gasteiger partial charge in [-0.15, -0.1) is 0 Å². The van der Waals surface area contributed by atoms with E-state index in [9.17, 15) is 19.2 Å². The minimum Gasteiger partial charge on any atom is -0.358 e. The number of nitrogens with one attached hydrogen (secondary N) is 1. The van der Waals surface area contributed by atoms with Gasteiger partial charge in [-0.25, -0.2) is 0 Å². The van der Waals surface area contributed by atoms with Crippen LogP contribution >= 0.6 is 0 Å². The Bertz CT molecular complexity index is 1050. The van der Waals surface area contributed by atoms with E-state index in [0.717, 1.165) is 17.5 Å². The maximum atomic E-state index is 13.3. The third-order valence-corrected chi connectivity index (χ3v) is 6.61. The molecule has 2 aromatic carbocycles. The summed E-state index contributed by atoms with van der Waals surface area (Å²) in [6.45, 7) is 0.864. The zero-order valence-corrected chi connectivity index (χ0v) is 19.9. The van der Waals surface area contributed by atoms with E-state index in [1.165, 1.54) is 4.90 Å². The highest BCUT2D eigenvalue weighted by atomic mass is 16.5. The number of carbonyl (C=O) groups is 4. The highest BCUT2D eigenvalue weighted by molar-refractivity contribution is 6.38. The lowest BCUT2D eigenvalue weighted by Gasteiger charge is -2.28. The highest BCUT2D eigenvalue weighted by Crippen LogP contribution is 2.22. The Morgan fingerprint density at radius 3 is 2.31 bits per heavy atom. The third kappa shape index (κ3) is 5.95. The minimum atomic E-state index is -1.05. The van der Waals surface area contributed by atoms with E-state index in [-0.39, 0.29) is 18.7 Å². The number of nitrogens with zero attached hydrogens (tertiary/aromatic N) is 2. The highest BCUT2D eigenvalue weighted by Gasteiger charge is 2.39. The molecule has 0 saturated carbocycles. The SMILES string of the molecule is CN(C(=O)C(=O)C(Cc1ccccc1)NC(=O)[C@H]1CCC(=O)N1Cc1ccccc1)[C@@H]1CCCO1. The lowest BCUT2D eigenvalue weighted by molar-refractivity contribution is -0.152. The molecule has 0 bridgehead atoms. The summed E-state index contributed by atoms with van der Waals surface area (Å²) in [5, 5.41) is 2.80. The first-order valence-electron chi connectivity index (χ1n) is 12.0. The molecule has 2 aromatic rings. The number of likely N-dealkylation sites (N-methyl/N-ethyl adjacent to an activating group) is 1. The van der Waals surface area contributed by atoms with Gasteiger partial charge < -0.3 is 19.9 Å². The molecule has 2 fully saturated rings. The average molecular weight is 478 g/mol. The van der Waals surface area contributed by atoms with Gasteiger partial charge in [0.25, 0.3) is 5.91 Å². The Kier molecular flexibility index (Phi) is 7.92. The smallest absolute Gasteiger partial charge is 0.293 e. The van der Waals surface area contributed by atoms with Crippen molar-refractivity contribution >= 4 is 23.5 Å². The lowest BCUT2D eigenvalue weighted by atomic mass is 10.0. The van der Waals surface area contributed by atoms with E-state index in [1.807, 2.05) is 60.7 Å². The third-order valence-electron chi connectivity index (χ3n) is 6.61. The molecular formula is C27H31N3O5. The second kappa shape index (κ2) is 11.3. The van der Waals surface area contributed by atoms with Gasteiger partial charge in [0.05, 0.1) is 0 Å². The zero-order chi connectivity index (χ0) is 24.8. The number of likely N-dealkylation sites (tertiary alicyclic amines) is 1. The Labute approximate surface area is 205 Å². The Morgan fingerprint density at radius 1 is 1.03 bits per heavy atom. The number of hydrogen-bond acceptors (Lipinski definition) is 5. The van der Waals surface area contributed by atoms with Crippen LogP contribution in [0.15, 0.2) is 60.7 Å². The van der Waals surface area contributed by atoms with Gasteiger partial charge in [0.2, 0.25) is 17.6 Å². The summed E-state index contributed by atoms with van der Waals surface area (Å²) in [5.74, 6) is -1.91. The maximum absolute atomic E-state index is 13.3. The van der Waals surface area contributed by atoms with Crippen LogP contribution < -0.4 is 5.32 Å². The summed E-state index contributed by atoms with van der Waals surface area (Å²) in [6, 6.07) is 17.0. The van der Waals surface area contributed by atoms with Gasteiger partial charge in [-0.05, 0) is 30.4 Å². The summed E-state index contributed by atoms with van der Waals surface area (Å²) in [4.78, 5) is 55.1.